The number of aromatic nitrogens is 1. The highest BCUT2D eigenvalue weighted by Crippen LogP contribution is 2.19. The summed E-state index contributed by atoms with van der Waals surface area (Å²) >= 11 is 0. The van der Waals surface area contributed by atoms with Crippen molar-refractivity contribution in [3.63, 3.8) is 0 Å². The second-order valence-electron chi connectivity index (χ2n) is 5.77. The van der Waals surface area contributed by atoms with Crippen LogP contribution in [0.2, 0.25) is 0 Å². The highest BCUT2D eigenvalue weighted by molar-refractivity contribution is 5.98. The maximum absolute atomic E-state index is 12.4. The van der Waals surface area contributed by atoms with Gasteiger partial charge in [-0.15, -0.1) is 0 Å². The Labute approximate surface area is 140 Å². The van der Waals surface area contributed by atoms with E-state index in [0.29, 0.717) is 11.4 Å². The molecule has 0 bridgehead atoms. The number of amides is 2. The van der Waals surface area contributed by atoms with Gasteiger partial charge in [-0.1, -0.05) is 30.3 Å². The first-order valence-electron chi connectivity index (χ1n) is 7.79. The van der Waals surface area contributed by atoms with E-state index in [1.54, 1.807) is 0 Å². The zero-order valence-electron chi connectivity index (χ0n) is 13.6. The number of aromatic amines is 1. The number of benzene rings is 2. The molecule has 0 saturated heterocycles. The molecule has 0 saturated carbocycles. The normalized spacial score (nSPS) is 11.9. The number of hydrogen-bond acceptors (Lipinski definition) is 2. The van der Waals surface area contributed by atoms with Crippen LogP contribution >= 0.6 is 0 Å². The van der Waals surface area contributed by atoms with Gasteiger partial charge in [-0.3, -0.25) is 9.59 Å². The summed E-state index contributed by atoms with van der Waals surface area (Å²) in [5.74, 6) is -0.287. The molecule has 0 radical (unpaired) electrons. The third-order valence-electron chi connectivity index (χ3n) is 3.83. The monoisotopic (exact) mass is 321 g/mol. The molecule has 5 heteroatoms. The number of fused-ring (bicyclic) bond motifs is 1. The van der Waals surface area contributed by atoms with E-state index in [1.165, 1.54) is 6.92 Å². The van der Waals surface area contributed by atoms with Crippen LogP contribution < -0.4 is 10.6 Å². The minimum atomic E-state index is -0.183. The Balaban J connectivity index is 1.75. The fraction of sp³-hybridized carbons (Fsp3) is 0.158. The zero-order chi connectivity index (χ0) is 17.1. The van der Waals surface area contributed by atoms with Crippen LogP contribution in [-0.2, 0) is 4.79 Å². The minimum absolute atomic E-state index is 0.123. The largest absolute Gasteiger partial charge is 0.351 e. The lowest BCUT2D eigenvalue weighted by Crippen LogP contribution is -2.27. The molecule has 5 nitrogen and oxygen atoms in total. The zero-order valence-corrected chi connectivity index (χ0v) is 13.6. The van der Waals surface area contributed by atoms with Gasteiger partial charge in [0.05, 0.1) is 6.04 Å². The van der Waals surface area contributed by atoms with E-state index in [9.17, 15) is 9.59 Å². The highest BCUT2D eigenvalue weighted by atomic mass is 16.2. The second-order valence-corrected chi connectivity index (χ2v) is 5.77. The van der Waals surface area contributed by atoms with Gasteiger partial charge in [-0.05, 0) is 36.8 Å². The average molecular weight is 321 g/mol. The van der Waals surface area contributed by atoms with Crippen molar-refractivity contribution in [3.05, 3.63) is 65.9 Å². The average Bonchev–Trinajstić information content (AvgIpc) is 2.98. The third-order valence-corrected chi connectivity index (χ3v) is 3.83. The Morgan fingerprint density at radius 2 is 1.83 bits per heavy atom. The smallest absolute Gasteiger partial charge is 0.268 e. The van der Waals surface area contributed by atoms with Gasteiger partial charge < -0.3 is 15.6 Å². The van der Waals surface area contributed by atoms with E-state index < -0.39 is 0 Å². The van der Waals surface area contributed by atoms with Crippen LogP contribution in [0.3, 0.4) is 0 Å². The molecule has 2 amide bonds. The van der Waals surface area contributed by atoms with E-state index >= 15 is 0 Å². The number of hydrogen-bond donors (Lipinski definition) is 3. The molecular weight excluding hydrogens is 302 g/mol. The SMILES string of the molecule is CC(=O)Nc1cccc(C(C)NC(=O)c2cc3ccccc3[nH]2)c1. The minimum Gasteiger partial charge on any atom is -0.351 e. The predicted octanol–water partition coefficient (Wildman–Crippen LogP) is 3.62. The summed E-state index contributed by atoms with van der Waals surface area (Å²) in [4.78, 5) is 26.7. The second kappa shape index (κ2) is 6.58. The molecule has 0 aliphatic rings. The molecule has 0 spiro atoms. The van der Waals surface area contributed by atoms with Crippen molar-refractivity contribution >= 4 is 28.4 Å². The van der Waals surface area contributed by atoms with Crippen LogP contribution in [0.5, 0.6) is 0 Å². The standard InChI is InChI=1S/C19H19N3O2/c1-12(14-7-5-8-16(10-14)21-13(2)23)20-19(24)18-11-15-6-3-4-9-17(15)22-18/h3-12,22H,1-2H3,(H,20,24)(H,21,23). The Bertz CT molecular complexity index is 865. The first kappa shape index (κ1) is 15.8. The first-order valence-corrected chi connectivity index (χ1v) is 7.79. The van der Waals surface area contributed by atoms with Crippen molar-refractivity contribution in [2.75, 3.05) is 5.32 Å². The van der Waals surface area contributed by atoms with Gasteiger partial charge in [-0.25, -0.2) is 0 Å². The van der Waals surface area contributed by atoms with Gasteiger partial charge in [0.15, 0.2) is 0 Å². The van der Waals surface area contributed by atoms with E-state index in [-0.39, 0.29) is 17.9 Å². The van der Waals surface area contributed by atoms with E-state index in [4.69, 9.17) is 0 Å². The van der Waals surface area contributed by atoms with Crippen LogP contribution in [0.4, 0.5) is 5.69 Å². The van der Waals surface area contributed by atoms with E-state index in [1.807, 2.05) is 61.5 Å². The molecule has 2 aromatic carbocycles. The van der Waals surface area contributed by atoms with Crippen LogP contribution in [0, 0.1) is 0 Å². The molecule has 3 rings (SSSR count). The number of carbonyl (C=O) groups is 2. The molecule has 3 aromatic rings. The van der Waals surface area contributed by atoms with Gasteiger partial charge in [0.1, 0.15) is 5.69 Å². The van der Waals surface area contributed by atoms with Crippen molar-refractivity contribution in [2.24, 2.45) is 0 Å². The molecule has 122 valence electrons. The Morgan fingerprint density at radius 1 is 1.04 bits per heavy atom. The molecule has 1 unspecified atom stereocenters. The number of rotatable bonds is 4. The molecule has 24 heavy (non-hydrogen) atoms. The molecule has 0 fully saturated rings. The number of H-pyrrole nitrogens is 1. The quantitative estimate of drug-likeness (QED) is 0.686. The summed E-state index contributed by atoms with van der Waals surface area (Å²) in [5, 5.41) is 6.72. The number of carbonyl (C=O) groups excluding carboxylic acids is 2. The predicted molar refractivity (Wildman–Crippen MR) is 94.9 cm³/mol. The molecule has 3 N–H and O–H groups in total. The van der Waals surface area contributed by atoms with Gasteiger partial charge in [0, 0.05) is 23.5 Å². The lowest BCUT2D eigenvalue weighted by atomic mass is 10.1. The van der Waals surface area contributed by atoms with Gasteiger partial charge in [0.2, 0.25) is 5.91 Å². The molecule has 1 heterocycles. The van der Waals surface area contributed by atoms with Gasteiger partial charge in [0.25, 0.3) is 5.91 Å². The molecular formula is C19H19N3O2. The van der Waals surface area contributed by atoms with Gasteiger partial charge in [-0.2, -0.15) is 0 Å². The van der Waals surface area contributed by atoms with Crippen molar-refractivity contribution in [2.45, 2.75) is 19.9 Å². The van der Waals surface area contributed by atoms with E-state index in [2.05, 4.69) is 15.6 Å². The summed E-state index contributed by atoms with van der Waals surface area (Å²) in [6.45, 7) is 3.38. The van der Waals surface area contributed by atoms with Crippen LogP contribution in [-0.4, -0.2) is 16.8 Å². The molecule has 1 atom stereocenters. The summed E-state index contributed by atoms with van der Waals surface area (Å²) in [6.07, 6.45) is 0. The number of anilines is 1. The van der Waals surface area contributed by atoms with Crippen molar-refractivity contribution < 1.29 is 9.59 Å². The van der Waals surface area contributed by atoms with Crippen molar-refractivity contribution in [1.82, 2.24) is 10.3 Å². The maximum atomic E-state index is 12.4. The summed E-state index contributed by atoms with van der Waals surface area (Å²) in [7, 11) is 0. The van der Waals surface area contributed by atoms with Gasteiger partial charge >= 0.3 is 0 Å². The van der Waals surface area contributed by atoms with Crippen LogP contribution in [0.15, 0.2) is 54.6 Å². The topological polar surface area (TPSA) is 74.0 Å². The fourth-order valence-electron chi connectivity index (χ4n) is 2.64. The summed E-state index contributed by atoms with van der Waals surface area (Å²) < 4.78 is 0. The highest BCUT2D eigenvalue weighted by Gasteiger charge is 2.14. The Kier molecular flexibility index (Phi) is 4.33. The lowest BCUT2D eigenvalue weighted by Gasteiger charge is -2.15. The van der Waals surface area contributed by atoms with Crippen LogP contribution in [0.25, 0.3) is 10.9 Å². The first-order chi connectivity index (χ1) is 11.5. The number of para-hydroxylation sites is 1. The van der Waals surface area contributed by atoms with E-state index in [0.717, 1.165) is 16.5 Å². The van der Waals surface area contributed by atoms with Crippen LogP contribution in [0.1, 0.15) is 35.9 Å². The van der Waals surface area contributed by atoms with Crippen molar-refractivity contribution in [3.8, 4) is 0 Å². The third kappa shape index (κ3) is 3.46. The molecule has 1 aromatic heterocycles. The molecule has 0 aliphatic heterocycles. The summed E-state index contributed by atoms with van der Waals surface area (Å²) in [6, 6.07) is 16.9. The van der Waals surface area contributed by atoms with Crippen molar-refractivity contribution in [1.29, 1.82) is 0 Å². The maximum Gasteiger partial charge on any atom is 0.268 e. The fourth-order valence-corrected chi connectivity index (χ4v) is 2.64. The Hall–Kier alpha value is -3.08. The lowest BCUT2D eigenvalue weighted by molar-refractivity contribution is -0.114. The molecule has 0 aliphatic carbocycles. The summed E-state index contributed by atoms with van der Waals surface area (Å²) in [5.41, 5.74) is 3.10. The Morgan fingerprint density at radius 3 is 2.58 bits per heavy atom. The number of nitrogens with one attached hydrogen (secondary N) is 3.